The van der Waals surface area contributed by atoms with E-state index >= 15 is 0 Å². The number of hydrogen-bond acceptors (Lipinski definition) is 4. The van der Waals surface area contributed by atoms with Crippen LogP contribution in [0.15, 0.2) is 18.2 Å². The summed E-state index contributed by atoms with van der Waals surface area (Å²) in [6.07, 6.45) is 0. The van der Waals surface area contributed by atoms with Crippen molar-refractivity contribution in [3.05, 3.63) is 23.8 Å². The normalized spacial score (nSPS) is 11.8. The van der Waals surface area contributed by atoms with Crippen LogP contribution in [0.3, 0.4) is 0 Å². The summed E-state index contributed by atoms with van der Waals surface area (Å²) in [6.45, 7) is 1.59. The van der Waals surface area contributed by atoms with Gasteiger partial charge in [0.15, 0.2) is 0 Å². The number of benzene rings is 1. The van der Waals surface area contributed by atoms with Crippen LogP contribution >= 0.6 is 0 Å². The van der Waals surface area contributed by atoms with Gasteiger partial charge in [0, 0.05) is 6.04 Å². The average molecular weight is 239 g/mol. The average Bonchev–Trinajstić information content (AvgIpc) is 2.37. The maximum absolute atomic E-state index is 12.0. The summed E-state index contributed by atoms with van der Waals surface area (Å²) in [5.41, 5.74) is 0.331. The number of aliphatic hydroxyl groups is 1. The van der Waals surface area contributed by atoms with Crippen LogP contribution in [0.2, 0.25) is 0 Å². The maximum Gasteiger partial charge on any atom is 0.259 e. The van der Waals surface area contributed by atoms with Crippen LogP contribution in [0.25, 0.3) is 0 Å². The first-order chi connectivity index (χ1) is 8.13. The molecule has 94 valence electrons. The number of aliphatic hydroxyl groups excluding tert-OH is 1. The van der Waals surface area contributed by atoms with E-state index in [2.05, 4.69) is 5.32 Å². The Morgan fingerprint density at radius 3 is 2.29 bits per heavy atom. The number of carbonyl (C=O) groups is 1. The van der Waals surface area contributed by atoms with Crippen molar-refractivity contribution in [3.63, 3.8) is 0 Å². The predicted molar refractivity (Wildman–Crippen MR) is 63.6 cm³/mol. The molecule has 1 unspecified atom stereocenters. The van der Waals surface area contributed by atoms with Gasteiger partial charge in [0.2, 0.25) is 0 Å². The molecule has 0 spiro atoms. The number of rotatable bonds is 5. The molecule has 0 radical (unpaired) electrons. The van der Waals surface area contributed by atoms with E-state index in [0.717, 1.165) is 0 Å². The summed E-state index contributed by atoms with van der Waals surface area (Å²) in [7, 11) is 2.97. The van der Waals surface area contributed by atoms with Gasteiger partial charge in [-0.3, -0.25) is 4.79 Å². The van der Waals surface area contributed by atoms with Crippen molar-refractivity contribution in [1.82, 2.24) is 5.32 Å². The molecule has 17 heavy (non-hydrogen) atoms. The van der Waals surface area contributed by atoms with Crippen LogP contribution in [-0.2, 0) is 0 Å². The zero-order valence-electron chi connectivity index (χ0n) is 10.2. The standard InChI is InChI=1S/C12H17NO4/c1-8(7-14)13-12(15)11-9(16-2)5-4-6-10(11)17-3/h4-6,8,14H,7H2,1-3H3,(H,13,15). The van der Waals surface area contributed by atoms with Gasteiger partial charge >= 0.3 is 0 Å². The summed E-state index contributed by atoms with van der Waals surface area (Å²) >= 11 is 0. The fourth-order valence-corrected chi connectivity index (χ4v) is 1.42. The molecule has 0 aliphatic heterocycles. The minimum atomic E-state index is -0.333. The highest BCUT2D eigenvalue weighted by Gasteiger charge is 2.19. The van der Waals surface area contributed by atoms with Crippen molar-refractivity contribution >= 4 is 5.91 Å². The van der Waals surface area contributed by atoms with Crippen molar-refractivity contribution in [2.75, 3.05) is 20.8 Å². The quantitative estimate of drug-likeness (QED) is 0.798. The summed E-state index contributed by atoms with van der Waals surface area (Å²) in [5, 5.41) is 11.6. The van der Waals surface area contributed by atoms with Crippen molar-refractivity contribution in [1.29, 1.82) is 0 Å². The first-order valence-electron chi connectivity index (χ1n) is 5.26. The van der Waals surface area contributed by atoms with Crippen LogP contribution in [0.4, 0.5) is 0 Å². The van der Waals surface area contributed by atoms with E-state index in [1.165, 1.54) is 14.2 Å². The van der Waals surface area contributed by atoms with Crippen LogP contribution < -0.4 is 14.8 Å². The van der Waals surface area contributed by atoms with E-state index in [0.29, 0.717) is 17.1 Å². The Kier molecular flexibility index (Phi) is 4.78. The van der Waals surface area contributed by atoms with E-state index in [1.54, 1.807) is 25.1 Å². The molecule has 1 aromatic carbocycles. The third-order valence-electron chi connectivity index (χ3n) is 2.31. The Morgan fingerprint density at radius 2 is 1.88 bits per heavy atom. The highest BCUT2D eigenvalue weighted by atomic mass is 16.5. The molecule has 0 heterocycles. The second-order valence-electron chi connectivity index (χ2n) is 3.59. The van der Waals surface area contributed by atoms with Crippen molar-refractivity contribution in [3.8, 4) is 11.5 Å². The molecule has 0 aliphatic carbocycles. The molecule has 0 aliphatic rings. The second kappa shape index (κ2) is 6.10. The maximum atomic E-state index is 12.0. The first kappa shape index (κ1) is 13.3. The van der Waals surface area contributed by atoms with Crippen molar-refractivity contribution in [2.24, 2.45) is 0 Å². The molecule has 5 heteroatoms. The lowest BCUT2D eigenvalue weighted by Crippen LogP contribution is -2.35. The minimum absolute atomic E-state index is 0.122. The molecule has 0 bridgehead atoms. The summed E-state index contributed by atoms with van der Waals surface area (Å²) in [4.78, 5) is 12.0. The topological polar surface area (TPSA) is 67.8 Å². The zero-order valence-corrected chi connectivity index (χ0v) is 10.2. The Morgan fingerprint density at radius 1 is 1.35 bits per heavy atom. The highest BCUT2D eigenvalue weighted by molar-refractivity contribution is 5.99. The number of ether oxygens (including phenoxy) is 2. The molecule has 0 saturated heterocycles. The summed E-state index contributed by atoms with van der Waals surface area (Å²) in [6, 6.07) is 4.78. The molecule has 5 nitrogen and oxygen atoms in total. The van der Waals surface area contributed by atoms with Gasteiger partial charge in [-0.25, -0.2) is 0 Å². The fourth-order valence-electron chi connectivity index (χ4n) is 1.42. The van der Waals surface area contributed by atoms with Crippen molar-refractivity contribution in [2.45, 2.75) is 13.0 Å². The molecule has 0 fully saturated rings. The zero-order chi connectivity index (χ0) is 12.8. The van der Waals surface area contributed by atoms with Gasteiger partial charge in [0.1, 0.15) is 17.1 Å². The van der Waals surface area contributed by atoms with Gasteiger partial charge < -0.3 is 19.9 Å². The number of amides is 1. The third kappa shape index (κ3) is 3.10. The minimum Gasteiger partial charge on any atom is -0.496 e. The molecule has 1 amide bonds. The van der Waals surface area contributed by atoms with E-state index in [1.807, 2.05) is 0 Å². The van der Waals surface area contributed by atoms with E-state index in [9.17, 15) is 4.79 Å². The molecule has 2 N–H and O–H groups in total. The number of nitrogens with one attached hydrogen (secondary N) is 1. The Hall–Kier alpha value is -1.75. The smallest absolute Gasteiger partial charge is 0.259 e. The Balaban J connectivity index is 3.05. The largest absolute Gasteiger partial charge is 0.496 e. The molecular formula is C12H17NO4. The summed E-state index contributed by atoms with van der Waals surface area (Å²) < 4.78 is 10.2. The second-order valence-corrected chi connectivity index (χ2v) is 3.59. The Labute approximate surface area is 100 Å². The van der Waals surface area contributed by atoms with Crippen LogP contribution in [0.1, 0.15) is 17.3 Å². The van der Waals surface area contributed by atoms with Gasteiger partial charge in [0.25, 0.3) is 5.91 Å². The summed E-state index contributed by atoms with van der Waals surface area (Å²) in [5.74, 6) is 0.542. The highest BCUT2D eigenvalue weighted by Crippen LogP contribution is 2.27. The lowest BCUT2D eigenvalue weighted by atomic mass is 10.1. The molecular weight excluding hydrogens is 222 g/mol. The lowest BCUT2D eigenvalue weighted by Gasteiger charge is -2.15. The first-order valence-corrected chi connectivity index (χ1v) is 5.26. The molecule has 0 saturated carbocycles. The van der Waals surface area contributed by atoms with Crippen LogP contribution in [0.5, 0.6) is 11.5 Å². The number of carbonyl (C=O) groups excluding carboxylic acids is 1. The Bertz CT molecular complexity index is 370. The third-order valence-corrected chi connectivity index (χ3v) is 2.31. The number of methoxy groups -OCH3 is 2. The van der Waals surface area contributed by atoms with Crippen LogP contribution in [-0.4, -0.2) is 37.9 Å². The van der Waals surface area contributed by atoms with Gasteiger partial charge in [-0.2, -0.15) is 0 Å². The predicted octanol–water partition coefficient (Wildman–Crippen LogP) is 0.814. The lowest BCUT2D eigenvalue weighted by molar-refractivity contribution is 0.0916. The van der Waals surface area contributed by atoms with E-state index in [-0.39, 0.29) is 18.6 Å². The molecule has 1 aromatic rings. The van der Waals surface area contributed by atoms with Crippen LogP contribution in [0, 0.1) is 0 Å². The van der Waals surface area contributed by atoms with Crippen molar-refractivity contribution < 1.29 is 19.4 Å². The SMILES string of the molecule is COc1cccc(OC)c1C(=O)NC(C)CO. The monoisotopic (exact) mass is 239 g/mol. The van der Waals surface area contributed by atoms with Gasteiger partial charge in [0.05, 0.1) is 20.8 Å². The van der Waals surface area contributed by atoms with Gasteiger partial charge in [-0.1, -0.05) is 6.07 Å². The van der Waals surface area contributed by atoms with E-state index < -0.39 is 0 Å². The number of hydrogen-bond donors (Lipinski definition) is 2. The molecule has 1 atom stereocenters. The van der Waals surface area contributed by atoms with E-state index in [4.69, 9.17) is 14.6 Å². The van der Waals surface area contributed by atoms with Gasteiger partial charge in [-0.05, 0) is 19.1 Å². The molecule has 0 aromatic heterocycles. The van der Waals surface area contributed by atoms with Gasteiger partial charge in [-0.15, -0.1) is 0 Å². The molecule has 1 rings (SSSR count). The fraction of sp³-hybridized carbons (Fsp3) is 0.417.